The Morgan fingerprint density at radius 1 is 1.30 bits per heavy atom. The Kier molecular flexibility index (Phi) is 4.29. The number of ether oxygens (including phenoxy) is 2. The second kappa shape index (κ2) is 6.37. The van der Waals surface area contributed by atoms with Crippen LogP contribution in [-0.2, 0) is 4.74 Å². The van der Waals surface area contributed by atoms with Crippen molar-refractivity contribution in [3.63, 3.8) is 0 Å². The minimum absolute atomic E-state index is 0.313. The van der Waals surface area contributed by atoms with Crippen LogP contribution in [0, 0.1) is 6.92 Å². The van der Waals surface area contributed by atoms with E-state index in [1.54, 1.807) is 11.4 Å². The van der Waals surface area contributed by atoms with E-state index in [-0.39, 0.29) is 0 Å². The molecular weight excluding hydrogens is 314 g/mol. The van der Waals surface area contributed by atoms with E-state index in [0.717, 1.165) is 16.8 Å². The first-order valence-corrected chi connectivity index (χ1v) is 8.22. The number of thiazole rings is 1. The first-order valence-electron chi connectivity index (χ1n) is 7.40. The number of carbonyl (C=O) groups excluding carboxylic acids is 1. The van der Waals surface area contributed by atoms with Gasteiger partial charge in [-0.3, -0.25) is 0 Å². The fraction of sp³-hybridized carbons (Fsp3) is 0.312. The lowest BCUT2D eigenvalue weighted by Gasteiger charge is -2.01. The van der Waals surface area contributed by atoms with Crippen molar-refractivity contribution < 1.29 is 14.3 Å². The van der Waals surface area contributed by atoms with Crippen molar-refractivity contribution in [2.75, 3.05) is 13.2 Å². The van der Waals surface area contributed by atoms with Gasteiger partial charge in [0.2, 0.25) is 5.88 Å². The molecule has 0 aromatic carbocycles. The average Bonchev–Trinajstić information content (AvgIpc) is 3.07. The molecule has 6 nitrogen and oxygen atoms in total. The van der Waals surface area contributed by atoms with E-state index in [1.807, 2.05) is 38.2 Å². The molecule has 3 heterocycles. The number of carbonyl (C=O) groups is 1. The zero-order valence-corrected chi connectivity index (χ0v) is 14.0. The summed E-state index contributed by atoms with van der Waals surface area (Å²) in [6.07, 6.45) is 1.88. The van der Waals surface area contributed by atoms with Crippen molar-refractivity contribution in [1.82, 2.24) is 14.6 Å². The van der Waals surface area contributed by atoms with Crippen molar-refractivity contribution in [3.8, 4) is 16.5 Å². The number of pyridine rings is 1. The van der Waals surface area contributed by atoms with Crippen LogP contribution in [0.4, 0.5) is 0 Å². The van der Waals surface area contributed by atoms with Gasteiger partial charge in [0, 0.05) is 6.20 Å². The average molecular weight is 331 g/mol. The summed E-state index contributed by atoms with van der Waals surface area (Å²) >= 11 is 1.27. The molecule has 0 aliphatic heterocycles. The molecule has 7 heteroatoms. The Balaban J connectivity index is 2.14. The number of aromatic nitrogens is 3. The van der Waals surface area contributed by atoms with Crippen LogP contribution in [0.3, 0.4) is 0 Å². The van der Waals surface area contributed by atoms with Crippen LogP contribution in [-0.4, -0.2) is 33.8 Å². The van der Waals surface area contributed by atoms with Gasteiger partial charge in [0.05, 0.1) is 30.0 Å². The van der Waals surface area contributed by atoms with Crippen molar-refractivity contribution in [2.45, 2.75) is 20.8 Å². The van der Waals surface area contributed by atoms with Gasteiger partial charge < -0.3 is 9.47 Å². The van der Waals surface area contributed by atoms with E-state index < -0.39 is 5.97 Å². The molecule has 3 rings (SSSR count). The molecule has 3 aromatic heterocycles. The zero-order valence-electron chi connectivity index (χ0n) is 13.2. The number of rotatable bonds is 5. The summed E-state index contributed by atoms with van der Waals surface area (Å²) < 4.78 is 12.4. The molecule has 3 aromatic rings. The Morgan fingerprint density at radius 3 is 2.87 bits per heavy atom. The smallest absolute Gasteiger partial charge is 0.354 e. The number of hydrogen-bond acceptors (Lipinski definition) is 6. The van der Waals surface area contributed by atoms with Gasteiger partial charge in [-0.2, -0.15) is 5.10 Å². The molecule has 0 saturated heterocycles. The largest absolute Gasteiger partial charge is 0.477 e. The monoisotopic (exact) mass is 331 g/mol. The lowest BCUT2D eigenvalue weighted by atomic mass is 10.2. The normalized spacial score (nSPS) is 10.9. The first-order chi connectivity index (χ1) is 11.2. The summed E-state index contributed by atoms with van der Waals surface area (Å²) in [6.45, 7) is 6.30. The molecule has 0 bridgehead atoms. The summed E-state index contributed by atoms with van der Waals surface area (Å²) in [5.41, 5.74) is 2.70. The molecule has 0 spiro atoms. The van der Waals surface area contributed by atoms with E-state index in [9.17, 15) is 4.79 Å². The molecule has 0 N–H and O–H groups in total. The third-order valence-electron chi connectivity index (χ3n) is 3.27. The summed E-state index contributed by atoms with van der Waals surface area (Å²) in [6, 6.07) is 5.84. The summed E-state index contributed by atoms with van der Waals surface area (Å²) in [7, 11) is 0. The minimum atomic E-state index is -0.408. The Labute approximate surface area is 137 Å². The Bertz CT molecular complexity index is 853. The van der Waals surface area contributed by atoms with E-state index in [2.05, 4.69) is 10.1 Å². The zero-order chi connectivity index (χ0) is 16.4. The summed E-state index contributed by atoms with van der Waals surface area (Å²) in [5.74, 6) is -0.0885. The van der Waals surface area contributed by atoms with Crippen LogP contribution in [0.5, 0.6) is 5.88 Å². The fourth-order valence-electron chi connectivity index (χ4n) is 2.35. The molecule has 0 fully saturated rings. The van der Waals surface area contributed by atoms with Gasteiger partial charge in [-0.05, 0) is 32.9 Å². The third kappa shape index (κ3) is 2.79. The van der Waals surface area contributed by atoms with Gasteiger partial charge in [-0.1, -0.05) is 6.07 Å². The van der Waals surface area contributed by atoms with Gasteiger partial charge in [-0.15, -0.1) is 11.3 Å². The van der Waals surface area contributed by atoms with Gasteiger partial charge in [-0.25, -0.2) is 14.3 Å². The van der Waals surface area contributed by atoms with Crippen LogP contribution < -0.4 is 4.74 Å². The van der Waals surface area contributed by atoms with Crippen LogP contribution in [0.1, 0.15) is 29.2 Å². The number of fused-ring (bicyclic) bond motifs is 1. The van der Waals surface area contributed by atoms with Crippen molar-refractivity contribution in [1.29, 1.82) is 0 Å². The van der Waals surface area contributed by atoms with Gasteiger partial charge in [0.15, 0.2) is 4.88 Å². The SMILES string of the molecule is CCOC(=O)c1sc(-c2c(C)nn3ccccc23)nc1OCC. The number of esters is 1. The standard InChI is InChI=1S/C16H17N3O3S/c1-4-21-14-13(16(20)22-5-2)23-15(17-14)12-10(3)18-19-9-7-6-8-11(12)19/h6-9H,4-5H2,1-3H3. The number of hydrogen-bond donors (Lipinski definition) is 0. The summed E-state index contributed by atoms with van der Waals surface area (Å²) in [4.78, 5) is 17.0. The fourth-order valence-corrected chi connectivity index (χ4v) is 3.36. The van der Waals surface area contributed by atoms with Crippen molar-refractivity contribution >= 4 is 22.8 Å². The Hall–Kier alpha value is -2.41. The van der Waals surface area contributed by atoms with Crippen LogP contribution in [0.25, 0.3) is 16.1 Å². The highest BCUT2D eigenvalue weighted by Crippen LogP contribution is 2.36. The molecule has 0 aliphatic rings. The van der Waals surface area contributed by atoms with Gasteiger partial charge in [0.1, 0.15) is 5.01 Å². The van der Waals surface area contributed by atoms with Crippen molar-refractivity contribution in [2.24, 2.45) is 0 Å². The molecule has 0 saturated carbocycles. The molecule has 0 aliphatic carbocycles. The predicted molar refractivity (Wildman–Crippen MR) is 88.2 cm³/mol. The maximum absolute atomic E-state index is 12.1. The Morgan fingerprint density at radius 2 is 2.13 bits per heavy atom. The first kappa shape index (κ1) is 15.5. The maximum Gasteiger partial charge on any atom is 0.354 e. The minimum Gasteiger partial charge on any atom is -0.477 e. The lowest BCUT2D eigenvalue weighted by Crippen LogP contribution is -2.05. The van der Waals surface area contributed by atoms with Crippen LogP contribution in [0.2, 0.25) is 0 Å². The second-order valence-corrected chi connectivity index (χ2v) is 5.80. The van der Waals surface area contributed by atoms with Gasteiger partial charge in [0.25, 0.3) is 0 Å². The van der Waals surface area contributed by atoms with Crippen LogP contribution in [0.15, 0.2) is 24.4 Å². The molecule has 0 amide bonds. The maximum atomic E-state index is 12.1. The van der Waals surface area contributed by atoms with Crippen molar-refractivity contribution in [3.05, 3.63) is 35.0 Å². The summed E-state index contributed by atoms with van der Waals surface area (Å²) in [5, 5.41) is 5.19. The molecule has 0 unspecified atom stereocenters. The highest BCUT2D eigenvalue weighted by molar-refractivity contribution is 7.17. The molecule has 120 valence electrons. The quantitative estimate of drug-likeness (QED) is 0.671. The van der Waals surface area contributed by atoms with E-state index in [1.165, 1.54) is 11.3 Å². The molecular formula is C16H17N3O3S. The lowest BCUT2D eigenvalue weighted by molar-refractivity contribution is 0.0527. The van der Waals surface area contributed by atoms with Gasteiger partial charge >= 0.3 is 5.97 Å². The van der Waals surface area contributed by atoms with E-state index in [4.69, 9.17) is 9.47 Å². The van der Waals surface area contributed by atoms with Crippen LogP contribution >= 0.6 is 11.3 Å². The highest BCUT2D eigenvalue weighted by atomic mass is 32.1. The second-order valence-electron chi connectivity index (χ2n) is 4.80. The third-order valence-corrected chi connectivity index (χ3v) is 4.30. The molecule has 0 radical (unpaired) electrons. The molecule has 23 heavy (non-hydrogen) atoms. The number of aryl methyl sites for hydroxylation is 1. The predicted octanol–water partition coefficient (Wildman–Crippen LogP) is 3.34. The van der Waals surface area contributed by atoms with E-state index in [0.29, 0.717) is 29.0 Å². The highest BCUT2D eigenvalue weighted by Gasteiger charge is 2.24. The molecule has 0 atom stereocenters. The number of nitrogens with zero attached hydrogens (tertiary/aromatic N) is 3. The van der Waals surface area contributed by atoms with E-state index >= 15 is 0 Å². The topological polar surface area (TPSA) is 65.7 Å².